The van der Waals surface area contributed by atoms with Crippen molar-refractivity contribution in [3.8, 4) is 17.1 Å². The van der Waals surface area contributed by atoms with Gasteiger partial charge in [-0.05, 0) is 24.3 Å². The van der Waals surface area contributed by atoms with Crippen LogP contribution in [-0.2, 0) is 0 Å². The average Bonchev–Trinajstić information content (AvgIpc) is 3.15. The standard InChI is InChI=1S/C19H18N4O4/c1-21-18(25)13-7-14(9-15(8-13)26-2)23-19-22-10-16(27-19)11-3-5-12(6-4-11)17(20)24/h3-10H,1-2H3,(H2,20,24)(H,21,25)(H,22,23). The van der Waals surface area contributed by atoms with E-state index in [4.69, 9.17) is 14.9 Å². The number of benzene rings is 2. The van der Waals surface area contributed by atoms with Crippen LogP contribution >= 0.6 is 0 Å². The van der Waals surface area contributed by atoms with Gasteiger partial charge in [0.15, 0.2) is 5.76 Å². The smallest absolute Gasteiger partial charge is 0.299 e. The number of anilines is 2. The summed E-state index contributed by atoms with van der Waals surface area (Å²) in [6, 6.07) is 11.9. The Hall–Kier alpha value is -3.81. The average molecular weight is 366 g/mol. The van der Waals surface area contributed by atoms with Crippen LogP contribution in [0.2, 0.25) is 0 Å². The first-order valence-electron chi connectivity index (χ1n) is 8.04. The zero-order valence-electron chi connectivity index (χ0n) is 14.8. The molecule has 1 aromatic heterocycles. The third-order valence-electron chi connectivity index (χ3n) is 3.84. The molecule has 8 heteroatoms. The summed E-state index contributed by atoms with van der Waals surface area (Å²) in [4.78, 5) is 27.2. The van der Waals surface area contributed by atoms with E-state index in [1.54, 1.807) is 55.7 Å². The van der Waals surface area contributed by atoms with Gasteiger partial charge in [-0.1, -0.05) is 12.1 Å². The van der Waals surface area contributed by atoms with Crippen molar-refractivity contribution in [3.63, 3.8) is 0 Å². The summed E-state index contributed by atoms with van der Waals surface area (Å²) in [5, 5.41) is 5.57. The van der Waals surface area contributed by atoms with Crippen molar-refractivity contribution in [2.24, 2.45) is 5.73 Å². The Kier molecular flexibility index (Phi) is 5.07. The van der Waals surface area contributed by atoms with Gasteiger partial charge in [0.05, 0.1) is 13.3 Å². The number of aromatic nitrogens is 1. The van der Waals surface area contributed by atoms with Gasteiger partial charge >= 0.3 is 0 Å². The predicted octanol–water partition coefficient (Wildman–Crippen LogP) is 2.55. The number of carbonyl (C=O) groups is 2. The first-order valence-corrected chi connectivity index (χ1v) is 8.04. The van der Waals surface area contributed by atoms with Crippen LogP contribution in [0.25, 0.3) is 11.3 Å². The molecular formula is C19H18N4O4. The highest BCUT2D eigenvalue weighted by molar-refractivity contribution is 5.95. The minimum absolute atomic E-state index is 0.236. The number of ether oxygens (including phenoxy) is 1. The molecular weight excluding hydrogens is 348 g/mol. The highest BCUT2D eigenvalue weighted by Gasteiger charge is 2.11. The number of rotatable bonds is 6. The van der Waals surface area contributed by atoms with Crippen molar-refractivity contribution in [3.05, 3.63) is 59.8 Å². The van der Waals surface area contributed by atoms with E-state index in [0.29, 0.717) is 28.3 Å². The number of nitrogens with zero attached hydrogens (tertiary/aromatic N) is 1. The van der Waals surface area contributed by atoms with Gasteiger partial charge in [0.25, 0.3) is 11.9 Å². The highest BCUT2D eigenvalue weighted by atomic mass is 16.5. The van der Waals surface area contributed by atoms with Gasteiger partial charge in [0, 0.05) is 35.5 Å². The van der Waals surface area contributed by atoms with Crippen LogP contribution in [0.1, 0.15) is 20.7 Å². The second-order valence-electron chi connectivity index (χ2n) is 5.63. The molecule has 2 aromatic carbocycles. The summed E-state index contributed by atoms with van der Waals surface area (Å²) in [6.45, 7) is 0. The topological polar surface area (TPSA) is 119 Å². The zero-order chi connectivity index (χ0) is 19.4. The Bertz CT molecular complexity index is 980. The van der Waals surface area contributed by atoms with E-state index < -0.39 is 5.91 Å². The number of hydrogen-bond donors (Lipinski definition) is 3. The lowest BCUT2D eigenvalue weighted by molar-refractivity contribution is 0.0961. The molecule has 2 amide bonds. The molecule has 0 aliphatic heterocycles. The lowest BCUT2D eigenvalue weighted by atomic mass is 10.1. The maximum Gasteiger partial charge on any atom is 0.299 e. The molecule has 3 aromatic rings. The van der Waals surface area contributed by atoms with E-state index in [1.807, 2.05) is 0 Å². The molecule has 0 bridgehead atoms. The lowest BCUT2D eigenvalue weighted by Crippen LogP contribution is -2.17. The molecule has 27 heavy (non-hydrogen) atoms. The second kappa shape index (κ2) is 7.61. The zero-order valence-corrected chi connectivity index (χ0v) is 14.8. The Morgan fingerprint density at radius 2 is 1.85 bits per heavy atom. The van der Waals surface area contributed by atoms with E-state index >= 15 is 0 Å². The van der Waals surface area contributed by atoms with Crippen LogP contribution < -0.4 is 21.1 Å². The first-order chi connectivity index (χ1) is 13.0. The number of hydrogen-bond acceptors (Lipinski definition) is 6. The van der Waals surface area contributed by atoms with Gasteiger partial charge < -0.3 is 25.5 Å². The molecule has 1 heterocycles. The first kappa shape index (κ1) is 18.0. The van der Waals surface area contributed by atoms with Gasteiger partial charge in [0.1, 0.15) is 5.75 Å². The monoisotopic (exact) mass is 366 g/mol. The number of methoxy groups -OCH3 is 1. The van der Waals surface area contributed by atoms with E-state index in [9.17, 15) is 9.59 Å². The summed E-state index contributed by atoms with van der Waals surface area (Å²) in [6.07, 6.45) is 1.56. The summed E-state index contributed by atoms with van der Waals surface area (Å²) in [5.74, 6) is 0.307. The lowest BCUT2D eigenvalue weighted by Gasteiger charge is -2.08. The SMILES string of the molecule is CNC(=O)c1cc(Nc2ncc(-c3ccc(C(N)=O)cc3)o2)cc(OC)c1. The molecule has 0 unspecified atom stereocenters. The largest absolute Gasteiger partial charge is 0.497 e. The molecule has 0 saturated heterocycles. The van der Waals surface area contributed by atoms with Crippen molar-refractivity contribution < 1.29 is 18.7 Å². The molecule has 0 saturated carbocycles. The van der Waals surface area contributed by atoms with E-state index in [0.717, 1.165) is 5.56 Å². The highest BCUT2D eigenvalue weighted by Crippen LogP contribution is 2.27. The molecule has 138 valence electrons. The normalized spacial score (nSPS) is 10.3. The van der Waals surface area contributed by atoms with Crippen LogP contribution in [0.3, 0.4) is 0 Å². The number of nitrogens with one attached hydrogen (secondary N) is 2. The minimum atomic E-state index is -0.494. The number of oxazole rings is 1. The van der Waals surface area contributed by atoms with Crippen LogP contribution in [0.4, 0.5) is 11.7 Å². The second-order valence-corrected chi connectivity index (χ2v) is 5.63. The van der Waals surface area contributed by atoms with Crippen LogP contribution in [0.15, 0.2) is 53.1 Å². The summed E-state index contributed by atoms with van der Waals surface area (Å²) < 4.78 is 10.9. The summed E-state index contributed by atoms with van der Waals surface area (Å²) in [5.41, 5.74) is 7.42. The van der Waals surface area contributed by atoms with E-state index in [-0.39, 0.29) is 11.9 Å². The summed E-state index contributed by atoms with van der Waals surface area (Å²) >= 11 is 0. The van der Waals surface area contributed by atoms with Crippen molar-refractivity contribution >= 4 is 23.5 Å². The van der Waals surface area contributed by atoms with Gasteiger partial charge in [0.2, 0.25) is 5.91 Å². The Morgan fingerprint density at radius 3 is 2.48 bits per heavy atom. The minimum Gasteiger partial charge on any atom is -0.497 e. The fraction of sp³-hybridized carbons (Fsp3) is 0.105. The third kappa shape index (κ3) is 4.06. The Morgan fingerprint density at radius 1 is 1.11 bits per heavy atom. The molecule has 0 fully saturated rings. The Labute approximate surface area is 155 Å². The van der Waals surface area contributed by atoms with Crippen molar-refractivity contribution in [1.82, 2.24) is 10.3 Å². The number of amides is 2. The number of primary amides is 1. The number of nitrogens with two attached hydrogens (primary N) is 1. The van der Waals surface area contributed by atoms with Crippen molar-refractivity contribution in [1.29, 1.82) is 0 Å². The quantitative estimate of drug-likeness (QED) is 0.617. The number of carbonyl (C=O) groups excluding carboxylic acids is 2. The molecule has 0 aliphatic carbocycles. The maximum atomic E-state index is 11.9. The molecule has 0 atom stereocenters. The van der Waals surface area contributed by atoms with Gasteiger partial charge in [-0.3, -0.25) is 9.59 Å². The van der Waals surface area contributed by atoms with Crippen LogP contribution in [-0.4, -0.2) is 31.0 Å². The third-order valence-corrected chi connectivity index (χ3v) is 3.84. The van der Waals surface area contributed by atoms with Gasteiger partial charge in [-0.15, -0.1) is 0 Å². The van der Waals surface area contributed by atoms with Crippen molar-refractivity contribution in [2.45, 2.75) is 0 Å². The van der Waals surface area contributed by atoms with Crippen LogP contribution in [0, 0.1) is 0 Å². The van der Waals surface area contributed by atoms with Gasteiger partial charge in [-0.25, -0.2) is 4.98 Å². The summed E-state index contributed by atoms with van der Waals surface area (Å²) in [7, 11) is 3.07. The molecule has 0 spiro atoms. The van der Waals surface area contributed by atoms with Gasteiger partial charge in [-0.2, -0.15) is 0 Å². The molecule has 0 radical (unpaired) electrons. The maximum absolute atomic E-state index is 11.9. The molecule has 4 N–H and O–H groups in total. The van der Waals surface area contributed by atoms with E-state index in [2.05, 4.69) is 15.6 Å². The van der Waals surface area contributed by atoms with E-state index in [1.165, 1.54) is 7.11 Å². The molecule has 0 aliphatic rings. The van der Waals surface area contributed by atoms with Crippen LogP contribution in [0.5, 0.6) is 5.75 Å². The Balaban J connectivity index is 1.83. The fourth-order valence-electron chi connectivity index (χ4n) is 2.45. The molecule has 3 rings (SSSR count). The fourth-order valence-corrected chi connectivity index (χ4v) is 2.45. The predicted molar refractivity (Wildman–Crippen MR) is 100 cm³/mol. The van der Waals surface area contributed by atoms with Crippen molar-refractivity contribution in [2.75, 3.05) is 19.5 Å². The molecule has 8 nitrogen and oxygen atoms in total.